The molecule has 0 saturated heterocycles. The smallest absolute Gasteiger partial charge is 0.103 e. The fraction of sp³-hybridized carbons (Fsp3) is 0. The minimum absolute atomic E-state index is 0.613. The average molecular weight is 315 g/mol. The molecule has 0 atom stereocenters. The van der Waals surface area contributed by atoms with E-state index in [9.17, 15) is 0 Å². The van der Waals surface area contributed by atoms with E-state index in [0.717, 1.165) is 14.6 Å². The van der Waals surface area contributed by atoms with Gasteiger partial charge in [-0.2, -0.15) is 5.26 Å². The van der Waals surface area contributed by atoms with Crippen LogP contribution >= 0.6 is 34.2 Å². The van der Waals surface area contributed by atoms with Crippen LogP contribution in [0.3, 0.4) is 0 Å². The van der Waals surface area contributed by atoms with Crippen molar-refractivity contribution in [1.29, 1.82) is 5.26 Å². The predicted molar refractivity (Wildman–Crippen MR) is 64.2 cm³/mol. The molecular formula is C10H4ClIN2. The minimum Gasteiger partial charge on any atom is -0.242 e. The van der Waals surface area contributed by atoms with Crippen LogP contribution in [0.4, 0.5) is 0 Å². The number of fused-ring (bicyclic) bond motifs is 1. The third-order valence-corrected chi connectivity index (χ3v) is 2.65. The summed E-state index contributed by atoms with van der Waals surface area (Å²) in [5.41, 5.74) is 1.42. The molecular weight excluding hydrogens is 310 g/mol. The number of hydrogen-bond donors (Lipinski definition) is 0. The highest BCUT2D eigenvalue weighted by Gasteiger charge is 2.04. The molecule has 0 aliphatic heterocycles. The number of nitriles is 1. The molecule has 14 heavy (non-hydrogen) atoms. The lowest BCUT2D eigenvalue weighted by molar-refractivity contribution is 1.33. The van der Waals surface area contributed by atoms with Gasteiger partial charge in [0.25, 0.3) is 0 Å². The Kier molecular flexibility index (Phi) is 2.57. The van der Waals surface area contributed by atoms with E-state index in [1.54, 1.807) is 18.2 Å². The average Bonchev–Trinajstić information content (AvgIpc) is 2.17. The Morgan fingerprint density at radius 2 is 2.14 bits per heavy atom. The summed E-state index contributed by atoms with van der Waals surface area (Å²) in [5.74, 6) is 0. The molecule has 0 aliphatic carbocycles. The number of halogens is 2. The van der Waals surface area contributed by atoms with Crippen molar-refractivity contribution in [3.05, 3.63) is 38.6 Å². The molecule has 0 bridgehead atoms. The zero-order valence-corrected chi connectivity index (χ0v) is 9.87. The number of rotatable bonds is 0. The van der Waals surface area contributed by atoms with Gasteiger partial charge in [-0.3, -0.25) is 0 Å². The summed E-state index contributed by atoms with van der Waals surface area (Å²) in [7, 11) is 0. The standard InChI is InChI=1S/C10H4ClIN2/c11-7-1-2-9-8(4-7)6(5-13)3-10(12)14-9/h1-4H. The highest BCUT2D eigenvalue weighted by molar-refractivity contribution is 14.1. The van der Waals surface area contributed by atoms with Gasteiger partial charge < -0.3 is 0 Å². The molecule has 0 spiro atoms. The van der Waals surface area contributed by atoms with Crippen molar-refractivity contribution >= 4 is 45.1 Å². The third kappa shape index (κ3) is 1.68. The maximum atomic E-state index is 8.93. The van der Waals surface area contributed by atoms with Crippen molar-refractivity contribution in [3.8, 4) is 6.07 Å². The summed E-state index contributed by atoms with van der Waals surface area (Å²) in [6.07, 6.45) is 0. The van der Waals surface area contributed by atoms with Crippen LogP contribution in [0.15, 0.2) is 24.3 Å². The Morgan fingerprint density at radius 3 is 2.86 bits per heavy atom. The lowest BCUT2D eigenvalue weighted by atomic mass is 10.1. The van der Waals surface area contributed by atoms with Gasteiger partial charge in [-0.25, -0.2) is 4.98 Å². The maximum absolute atomic E-state index is 8.93. The number of benzene rings is 1. The van der Waals surface area contributed by atoms with Gasteiger partial charge in [0.1, 0.15) is 3.70 Å². The highest BCUT2D eigenvalue weighted by Crippen LogP contribution is 2.22. The normalized spacial score (nSPS) is 10.1. The van der Waals surface area contributed by atoms with E-state index < -0.39 is 0 Å². The van der Waals surface area contributed by atoms with Crippen molar-refractivity contribution in [2.75, 3.05) is 0 Å². The monoisotopic (exact) mass is 314 g/mol. The first-order chi connectivity index (χ1) is 6.70. The highest BCUT2D eigenvalue weighted by atomic mass is 127. The lowest BCUT2D eigenvalue weighted by Gasteiger charge is -2.00. The van der Waals surface area contributed by atoms with E-state index in [0.29, 0.717) is 10.6 Å². The van der Waals surface area contributed by atoms with Crippen LogP contribution in [0.25, 0.3) is 10.9 Å². The molecule has 2 rings (SSSR count). The number of pyridine rings is 1. The largest absolute Gasteiger partial charge is 0.242 e. The Balaban J connectivity index is 2.90. The third-order valence-electron chi connectivity index (χ3n) is 1.86. The van der Waals surface area contributed by atoms with Crippen LogP contribution in [-0.2, 0) is 0 Å². The van der Waals surface area contributed by atoms with Crippen molar-refractivity contribution in [3.63, 3.8) is 0 Å². The zero-order valence-electron chi connectivity index (χ0n) is 6.96. The molecule has 0 N–H and O–H groups in total. The second-order valence-corrected chi connectivity index (χ2v) is 4.31. The SMILES string of the molecule is N#Cc1cc(I)nc2ccc(Cl)cc12. The second-order valence-electron chi connectivity index (χ2n) is 2.77. The van der Waals surface area contributed by atoms with Crippen LogP contribution in [0.5, 0.6) is 0 Å². The van der Waals surface area contributed by atoms with Crippen LogP contribution in [0.1, 0.15) is 5.56 Å². The summed E-state index contributed by atoms with van der Waals surface area (Å²) in [6.45, 7) is 0. The van der Waals surface area contributed by atoms with Crippen molar-refractivity contribution in [2.45, 2.75) is 0 Å². The molecule has 68 valence electrons. The Labute approximate surface area is 99.7 Å². The summed E-state index contributed by atoms with van der Waals surface area (Å²) < 4.78 is 0.814. The Bertz CT molecular complexity index is 546. The number of nitrogens with zero attached hydrogens (tertiary/aromatic N) is 2. The van der Waals surface area contributed by atoms with Crippen LogP contribution in [-0.4, -0.2) is 4.98 Å². The van der Waals surface area contributed by atoms with Crippen LogP contribution < -0.4 is 0 Å². The summed E-state index contributed by atoms with van der Waals surface area (Å²) >= 11 is 7.94. The minimum atomic E-state index is 0.613. The lowest BCUT2D eigenvalue weighted by Crippen LogP contribution is -1.87. The van der Waals surface area contributed by atoms with Gasteiger partial charge in [-0.1, -0.05) is 11.6 Å². The maximum Gasteiger partial charge on any atom is 0.103 e. The van der Waals surface area contributed by atoms with Gasteiger partial charge >= 0.3 is 0 Å². The number of hydrogen-bond acceptors (Lipinski definition) is 2. The van der Waals surface area contributed by atoms with E-state index in [2.05, 4.69) is 33.6 Å². The second kappa shape index (κ2) is 3.71. The molecule has 1 aromatic carbocycles. The van der Waals surface area contributed by atoms with E-state index in [1.807, 2.05) is 6.07 Å². The van der Waals surface area contributed by atoms with Gasteiger partial charge in [0.2, 0.25) is 0 Å². The summed E-state index contributed by atoms with van der Waals surface area (Å²) in [4.78, 5) is 4.30. The van der Waals surface area contributed by atoms with E-state index in [-0.39, 0.29) is 0 Å². The molecule has 0 aliphatic rings. The van der Waals surface area contributed by atoms with Crippen molar-refractivity contribution in [2.24, 2.45) is 0 Å². The van der Waals surface area contributed by atoms with E-state index in [1.165, 1.54) is 0 Å². The number of aromatic nitrogens is 1. The molecule has 1 aromatic heterocycles. The zero-order chi connectivity index (χ0) is 10.1. The first-order valence-corrected chi connectivity index (χ1v) is 5.32. The van der Waals surface area contributed by atoms with Crippen LogP contribution in [0.2, 0.25) is 5.02 Å². The molecule has 4 heteroatoms. The molecule has 1 heterocycles. The molecule has 0 amide bonds. The summed E-state index contributed by atoms with van der Waals surface area (Å²) in [6, 6.07) is 9.24. The first-order valence-electron chi connectivity index (χ1n) is 3.86. The molecule has 0 unspecified atom stereocenters. The Morgan fingerprint density at radius 1 is 1.36 bits per heavy atom. The van der Waals surface area contributed by atoms with Crippen molar-refractivity contribution < 1.29 is 0 Å². The van der Waals surface area contributed by atoms with Gasteiger partial charge in [-0.15, -0.1) is 0 Å². The molecule has 0 saturated carbocycles. The molecule has 2 nitrogen and oxygen atoms in total. The molecule has 0 radical (unpaired) electrons. The predicted octanol–water partition coefficient (Wildman–Crippen LogP) is 3.36. The van der Waals surface area contributed by atoms with Crippen molar-refractivity contribution in [1.82, 2.24) is 4.98 Å². The van der Waals surface area contributed by atoms with Gasteiger partial charge in [-0.05, 0) is 46.9 Å². The quantitative estimate of drug-likeness (QED) is 0.552. The molecule has 0 fully saturated rings. The Hall–Kier alpha value is -0.860. The topological polar surface area (TPSA) is 36.7 Å². The van der Waals surface area contributed by atoms with Crippen LogP contribution in [0, 0.1) is 15.0 Å². The fourth-order valence-electron chi connectivity index (χ4n) is 1.26. The molecule has 2 aromatic rings. The summed E-state index contributed by atoms with van der Waals surface area (Å²) in [5, 5.41) is 10.4. The van der Waals surface area contributed by atoms with Gasteiger partial charge in [0, 0.05) is 10.4 Å². The van der Waals surface area contributed by atoms with Gasteiger partial charge in [0.15, 0.2) is 0 Å². The van der Waals surface area contributed by atoms with Gasteiger partial charge in [0.05, 0.1) is 17.1 Å². The fourth-order valence-corrected chi connectivity index (χ4v) is 2.00. The van der Waals surface area contributed by atoms with E-state index >= 15 is 0 Å². The van der Waals surface area contributed by atoms with E-state index in [4.69, 9.17) is 16.9 Å². The first kappa shape index (κ1) is 9.69.